The fourth-order valence-corrected chi connectivity index (χ4v) is 2.17. The summed E-state index contributed by atoms with van der Waals surface area (Å²) in [6.45, 7) is 5.80. The van der Waals surface area contributed by atoms with Crippen LogP contribution < -0.4 is 11.1 Å². The molecule has 0 fully saturated rings. The first-order chi connectivity index (χ1) is 9.00. The van der Waals surface area contributed by atoms with Crippen LogP contribution in [0, 0.1) is 0 Å². The van der Waals surface area contributed by atoms with Crippen LogP contribution >= 0.6 is 28.1 Å². The van der Waals surface area contributed by atoms with Gasteiger partial charge in [0.05, 0.1) is 6.10 Å². The van der Waals surface area contributed by atoms with Crippen LogP contribution in [0.15, 0.2) is 22.7 Å². The number of rotatable bonds is 8. The van der Waals surface area contributed by atoms with Crippen molar-refractivity contribution in [2.75, 3.05) is 18.5 Å². The van der Waals surface area contributed by atoms with Crippen molar-refractivity contribution < 1.29 is 4.74 Å². The Morgan fingerprint density at radius 3 is 2.79 bits per heavy atom. The van der Waals surface area contributed by atoms with E-state index in [0.29, 0.717) is 11.1 Å². The Hall–Kier alpha value is -0.650. The summed E-state index contributed by atoms with van der Waals surface area (Å²) >= 11 is 8.48. The van der Waals surface area contributed by atoms with Gasteiger partial charge in [0.15, 0.2) is 0 Å². The Morgan fingerprint density at radius 1 is 1.42 bits per heavy atom. The Labute approximate surface area is 129 Å². The molecule has 106 valence electrons. The molecule has 1 rings (SSSR count). The number of benzene rings is 1. The zero-order valence-electron chi connectivity index (χ0n) is 11.4. The van der Waals surface area contributed by atoms with Crippen molar-refractivity contribution in [1.82, 2.24) is 0 Å². The lowest BCUT2D eigenvalue weighted by molar-refractivity contribution is 0.0765. The predicted octanol–water partition coefficient (Wildman–Crippen LogP) is 3.70. The predicted molar refractivity (Wildman–Crippen MR) is 88.8 cm³/mol. The van der Waals surface area contributed by atoms with Crippen molar-refractivity contribution in [3.8, 4) is 0 Å². The number of unbranched alkanes of at least 4 members (excludes halogenated alkanes) is 1. The molecule has 0 aromatic heterocycles. The third-order valence-electron chi connectivity index (χ3n) is 2.58. The first kappa shape index (κ1) is 16.4. The van der Waals surface area contributed by atoms with E-state index in [-0.39, 0.29) is 0 Å². The molecule has 5 heteroatoms. The second-order valence-electron chi connectivity index (χ2n) is 4.61. The molecular weight excluding hydrogens is 324 g/mol. The van der Waals surface area contributed by atoms with Gasteiger partial charge in [-0.3, -0.25) is 0 Å². The number of nitrogens with two attached hydrogens (primary N) is 1. The van der Waals surface area contributed by atoms with E-state index in [9.17, 15) is 0 Å². The quantitative estimate of drug-likeness (QED) is 0.557. The molecule has 3 nitrogen and oxygen atoms in total. The standard InChI is InChI=1S/C14H21BrN2OS/c1-10(2)18-8-4-3-7-17-13-6-5-11(15)9-12(13)14(16)19/h5-6,9-10,17H,3-4,7-8H2,1-2H3,(H2,16,19). The summed E-state index contributed by atoms with van der Waals surface area (Å²) in [5.41, 5.74) is 7.58. The molecule has 0 radical (unpaired) electrons. The number of hydrogen-bond donors (Lipinski definition) is 2. The molecular formula is C14H21BrN2OS. The number of thiocarbonyl (C=S) groups is 1. The molecule has 1 aromatic carbocycles. The molecule has 0 bridgehead atoms. The summed E-state index contributed by atoms with van der Waals surface area (Å²) in [4.78, 5) is 0.409. The van der Waals surface area contributed by atoms with Gasteiger partial charge in [-0.15, -0.1) is 0 Å². The minimum absolute atomic E-state index is 0.306. The van der Waals surface area contributed by atoms with Gasteiger partial charge in [-0.25, -0.2) is 0 Å². The molecule has 0 saturated heterocycles. The van der Waals surface area contributed by atoms with E-state index >= 15 is 0 Å². The molecule has 0 spiro atoms. The number of anilines is 1. The van der Waals surface area contributed by atoms with E-state index in [2.05, 4.69) is 35.1 Å². The maximum absolute atomic E-state index is 5.72. The van der Waals surface area contributed by atoms with Crippen LogP contribution in [-0.2, 0) is 4.74 Å². The molecule has 3 N–H and O–H groups in total. The number of hydrogen-bond acceptors (Lipinski definition) is 3. The fraction of sp³-hybridized carbons (Fsp3) is 0.500. The van der Waals surface area contributed by atoms with Gasteiger partial charge in [-0.1, -0.05) is 28.1 Å². The van der Waals surface area contributed by atoms with E-state index in [1.165, 1.54) is 0 Å². The highest BCUT2D eigenvalue weighted by Gasteiger charge is 2.05. The average molecular weight is 345 g/mol. The van der Waals surface area contributed by atoms with Crippen molar-refractivity contribution in [3.05, 3.63) is 28.2 Å². The minimum Gasteiger partial charge on any atom is -0.389 e. The zero-order chi connectivity index (χ0) is 14.3. The Balaban J connectivity index is 2.39. The zero-order valence-corrected chi connectivity index (χ0v) is 13.8. The van der Waals surface area contributed by atoms with Crippen LogP contribution in [0.4, 0.5) is 5.69 Å². The van der Waals surface area contributed by atoms with Crippen molar-refractivity contribution in [2.45, 2.75) is 32.8 Å². The first-order valence-electron chi connectivity index (χ1n) is 6.45. The highest BCUT2D eigenvalue weighted by molar-refractivity contribution is 9.10. The van der Waals surface area contributed by atoms with Crippen molar-refractivity contribution in [3.63, 3.8) is 0 Å². The summed E-state index contributed by atoms with van der Waals surface area (Å²) in [6, 6.07) is 5.90. The molecule has 0 aliphatic heterocycles. The highest BCUT2D eigenvalue weighted by atomic mass is 79.9. The molecule has 0 unspecified atom stereocenters. The summed E-state index contributed by atoms with van der Waals surface area (Å²) < 4.78 is 6.47. The van der Waals surface area contributed by atoms with Gasteiger partial charge in [0.25, 0.3) is 0 Å². The lowest BCUT2D eigenvalue weighted by Gasteiger charge is -2.12. The maximum atomic E-state index is 5.72. The molecule has 0 aliphatic carbocycles. The average Bonchev–Trinajstić information content (AvgIpc) is 2.34. The summed E-state index contributed by atoms with van der Waals surface area (Å²) in [6.07, 6.45) is 2.41. The van der Waals surface area contributed by atoms with Crippen molar-refractivity contribution >= 4 is 38.8 Å². The van der Waals surface area contributed by atoms with Crippen LogP contribution in [0.25, 0.3) is 0 Å². The second-order valence-corrected chi connectivity index (χ2v) is 5.96. The monoisotopic (exact) mass is 344 g/mol. The molecule has 0 saturated carbocycles. The van der Waals surface area contributed by atoms with E-state index in [1.807, 2.05) is 18.2 Å². The van der Waals surface area contributed by atoms with Gasteiger partial charge in [0, 0.05) is 28.9 Å². The smallest absolute Gasteiger partial charge is 0.106 e. The van der Waals surface area contributed by atoms with E-state index in [1.54, 1.807) is 0 Å². The van der Waals surface area contributed by atoms with Crippen molar-refractivity contribution in [1.29, 1.82) is 0 Å². The molecule has 0 atom stereocenters. The topological polar surface area (TPSA) is 47.3 Å². The maximum Gasteiger partial charge on any atom is 0.106 e. The second kappa shape index (κ2) is 8.51. The molecule has 0 amide bonds. The van der Waals surface area contributed by atoms with Gasteiger partial charge in [-0.2, -0.15) is 0 Å². The van der Waals surface area contributed by atoms with Crippen LogP contribution in [-0.4, -0.2) is 24.2 Å². The largest absolute Gasteiger partial charge is 0.389 e. The highest BCUT2D eigenvalue weighted by Crippen LogP contribution is 2.21. The van der Waals surface area contributed by atoms with E-state index < -0.39 is 0 Å². The molecule has 0 heterocycles. The molecule has 19 heavy (non-hydrogen) atoms. The van der Waals surface area contributed by atoms with Gasteiger partial charge < -0.3 is 15.8 Å². The SMILES string of the molecule is CC(C)OCCCCNc1ccc(Br)cc1C(N)=S. The third-order valence-corrected chi connectivity index (χ3v) is 3.30. The van der Waals surface area contributed by atoms with Crippen molar-refractivity contribution in [2.24, 2.45) is 5.73 Å². The number of ether oxygens (including phenoxy) is 1. The first-order valence-corrected chi connectivity index (χ1v) is 7.65. The number of nitrogens with one attached hydrogen (secondary N) is 1. The molecule has 1 aromatic rings. The van der Waals surface area contributed by atoms with Gasteiger partial charge in [-0.05, 0) is 44.9 Å². The van der Waals surface area contributed by atoms with Gasteiger partial charge >= 0.3 is 0 Å². The summed E-state index contributed by atoms with van der Waals surface area (Å²) in [7, 11) is 0. The third kappa shape index (κ3) is 6.36. The summed E-state index contributed by atoms with van der Waals surface area (Å²) in [5, 5.41) is 3.37. The lowest BCUT2D eigenvalue weighted by atomic mass is 10.1. The van der Waals surface area contributed by atoms with E-state index in [4.69, 9.17) is 22.7 Å². The van der Waals surface area contributed by atoms with Gasteiger partial charge in [0.2, 0.25) is 0 Å². The fourth-order valence-electron chi connectivity index (χ4n) is 1.64. The summed E-state index contributed by atoms with van der Waals surface area (Å²) in [5.74, 6) is 0. The Kier molecular flexibility index (Phi) is 7.34. The normalized spacial score (nSPS) is 10.7. The Morgan fingerprint density at radius 2 is 2.16 bits per heavy atom. The van der Waals surface area contributed by atoms with Crippen LogP contribution in [0.2, 0.25) is 0 Å². The number of halogens is 1. The van der Waals surface area contributed by atoms with Crippen LogP contribution in [0.3, 0.4) is 0 Å². The lowest BCUT2D eigenvalue weighted by Crippen LogP contribution is -2.14. The minimum atomic E-state index is 0.306. The van der Waals surface area contributed by atoms with Crippen LogP contribution in [0.1, 0.15) is 32.3 Å². The van der Waals surface area contributed by atoms with E-state index in [0.717, 1.165) is 41.7 Å². The van der Waals surface area contributed by atoms with Crippen LogP contribution in [0.5, 0.6) is 0 Å². The van der Waals surface area contributed by atoms with Gasteiger partial charge in [0.1, 0.15) is 4.99 Å². The molecule has 0 aliphatic rings. The Bertz CT molecular complexity index is 424.